The van der Waals surface area contributed by atoms with Crippen molar-refractivity contribution in [3.05, 3.63) is 59.9 Å². The van der Waals surface area contributed by atoms with Crippen LogP contribution in [0.4, 0.5) is 0 Å². The second-order valence-corrected chi connectivity index (χ2v) is 3.54. The lowest BCUT2D eigenvalue weighted by atomic mass is 10.2. The van der Waals surface area contributed by atoms with Crippen LogP contribution in [-0.4, -0.2) is 12.1 Å². The Bertz CT molecular complexity index is 395. The molecule has 1 aromatic heterocycles. The van der Waals surface area contributed by atoms with Crippen LogP contribution in [0.3, 0.4) is 0 Å². The number of pyridine rings is 1. The molecule has 0 N–H and O–H groups in total. The van der Waals surface area contributed by atoms with Gasteiger partial charge in [-0.2, -0.15) is 0 Å². The lowest BCUT2D eigenvalue weighted by Gasteiger charge is -1.97. The number of hydrogen-bond acceptors (Lipinski definition) is 2. The molecule has 0 atom stereocenters. The average Bonchev–Trinajstić information content (AvgIpc) is 2.32. The van der Waals surface area contributed by atoms with Crippen molar-refractivity contribution in [3.63, 3.8) is 0 Å². The number of ether oxygens (including phenoxy) is 1. The number of rotatable bonds is 1. The third-order valence-electron chi connectivity index (χ3n) is 2.10. The smallest absolute Gasteiger partial charge is 0.118 e. The molecule has 0 unspecified atom stereocenters. The van der Waals surface area contributed by atoms with E-state index in [2.05, 4.69) is 11.9 Å². The first-order chi connectivity index (χ1) is 7.72. The maximum atomic E-state index is 4.97. The highest BCUT2D eigenvalue weighted by molar-refractivity contribution is 5.25. The maximum absolute atomic E-state index is 4.97. The van der Waals surface area contributed by atoms with Gasteiger partial charge in [-0.25, -0.2) is 0 Å². The minimum atomic E-state index is 0.917. The summed E-state index contributed by atoms with van der Waals surface area (Å²) in [5, 5.41) is 0. The maximum Gasteiger partial charge on any atom is 0.118 e. The van der Waals surface area contributed by atoms with Crippen LogP contribution in [0.5, 0.6) is 5.75 Å². The zero-order chi connectivity index (χ0) is 11.8. The molecule has 0 aliphatic carbocycles. The molecule has 0 fully saturated rings. The lowest BCUT2D eigenvalue weighted by Crippen LogP contribution is -1.80. The van der Waals surface area contributed by atoms with Crippen molar-refractivity contribution in [2.75, 3.05) is 7.11 Å². The Morgan fingerprint density at radius 1 is 0.812 bits per heavy atom. The van der Waals surface area contributed by atoms with Gasteiger partial charge in [0, 0.05) is 12.4 Å². The SMILES string of the molecule is COc1ccc(C)cc1.Cc1ccncc1. The van der Waals surface area contributed by atoms with E-state index in [9.17, 15) is 0 Å². The Morgan fingerprint density at radius 2 is 1.31 bits per heavy atom. The largest absolute Gasteiger partial charge is 0.497 e. The van der Waals surface area contributed by atoms with E-state index < -0.39 is 0 Å². The van der Waals surface area contributed by atoms with Crippen LogP contribution in [0.1, 0.15) is 11.1 Å². The fourth-order valence-electron chi connectivity index (χ4n) is 1.10. The molecule has 0 aliphatic heterocycles. The molecule has 0 saturated carbocycles. The number of nitrogens with zero attached hydrogens (tertiary/aromatic N) is 1. The number of hydrogen-bond donors (Lipinski definition) is 0. The minimum Gasteiger partial charge on any atom is -0.497 e. The quantitative estimate of drug-likeness (QED) is 0.727. The molecule has 84 valence electrons. The minimum absolute atomic E-state index is 0.917. The Hall–Kier alpha value is -1.83. The molecule has 16 heavy (non-hydrogen) atoms. The second-order valence-electron chi connectivity index (χ2n) is 3.54. The first-order valence-corrected chi connectivity index (χ1v) is 5.19. The van der Waals surface area contributed by atoms with Crippen molar-refractivity contribution in [3.8, 4) is 5.75 Å². The van der Waals surface area contributed by atoms with Crippen LogP contribution in [0, 0.1) is 13.8 Å². The van der Waals surface area contributed by atoms with E-state index in [4.69, 9.17) is 4.74 Å². The summed E-state index contributed by atoms with van der Waals surface area (Å²) in [6.07, 6.45) is 3.57. The van der Waals surface area contributed by atoms with E-state index in [1.165, 1.54) is 11.1 Å². The van der Waals surface area contributed by atoms with Gasteiger partial charge < -0.3 is 4.74 Å². The van der Waals surface area contributed by atoms with Crippen LogP contribution in [0.2, 0.25) is 0 Å². The Balaban J connectivity index is 0.000000165. The molecular weight excluding hydrogens is 198 g/mol. The van der Waals surface area contributed by atoms with E-state index in [-0.39, 0.29) is 0 Å². The number of aryl methyl sites for hydroxylation is 2. The fraction of sp³-hybridized carbons (Fsp3) is 0.214. The zero-order valence-corrected chi connectivity index (χ0v) is 9.97. The van der Waals surface area contributed by atoms with Crippen LogP contribution in [0.15, 0.2) is 48.8 Å². The first kappa shape index (κ1) is 12.2. The van der Waals surface area contributed by atoms with Gasteiger partial charge in [0.05, 0.1) is 7.11 Å². The summed E-state index contributed by atoms with van der Waals surface area (Å²) in [6, 6.07) is 11.9. The summed E-state index contributed by atoms with van der Waals surface area (Å²) >= 11 is 0. The van der Waals surface area contributed by atoms with E-state index in [0.717, 1.165) is 5.75 Å². The molecule has 2 aromatic rings. The van der Waals surface area contributed by atoms with E-state index in [1.54, 1.807) is 19.5 Å². The van der Waals surface area contributed by atoms with Crippen molar-refractivity contribution < 1.29 is 4.74 Å². The molecule has 2 rings (SSSR count). The second kappa shape index (κ2) is 6.62. The van der Waals surface area contributed by atoms with Gasteiger partial charge in [-0.15, -0.1) is 0 Å². The molecule has 1 aromatic carbocycles. The number of aromatic nitrogens is 1. The monoisotopic (exact) mass is 215 g/mol. The molecule has 0 saturated heterocycles. The van der Waals surface area contributed by atoms with Gasteiger partial charge >= 0.3 is 0 Å². The summed E-state index contributed by atoms with van der Waals surface area (Å²) in [6.45, 7) is 4.10. The molecule has 0 bridgehead atoms. The molecule has 0 aliphatic rings. The standard InChI is InChI=1S/C8H10O.C6H7N/c1-7-3-5-8(9-2)6-4-7;1-6-2-4-7-5-3-6/h3-6H,1-2H3;2-5H,1H3. The summed E-state index contributed by atoms with van der Waals surface area (Å²) < 4.78 is 4.97. The van der Waals surface area contributed by atoms with Crippen LogP contribution in [-0.2, 0) is 0 Å². The highest BCUT2D eigenvalue weighted by Crippen LogP contribution is 2.09. The van der Waals surface area contributed by atoms with Crippen LogP contribution >= 0.6 is 0 Å². The first-order valence-electron chi connectivity index (χ1n) is 5.19. The van der Waals surface area contributed by atoms with Crippen LogP contribution < -0.4 is 4.74 Å². The topological polar surface area (TPSA) is 22.1 Å². The fourth-order valence-corrected chi connectivity index (χ4v) is 1.10. The average molecular weight is 215 g/mol. The molecule has 1 heterocycles. The normalized spacial score (nSPS) is 8.94. The molecule has 0 amide bonds. The molecule has 0 spiro atoms. The highest BCUT2D eigenvalue weighted by atomic mass is 16.5. The Morgan fingerprint density at radius 3 is 1.69 bits per heavy atom. The van der Waals surface area contributed by atoms with Crippen molar-refractivity contribution in [2.24, 2.45) is 0 Å². The highest BCUT2D eigenvalue weighted by Gasteiger charge is 1.85. The summed E-state index contributed by atoms with van der Waals surface area (Å²) in [5.74, 6) is 0.917. The number of benzene rings is 1. The van der Waals surface area contributed by atoms with Crippen molar-refractivity contribution in [1.29, 1.82) is 0 Å². The third kappa shape index (κ3) is 4.60. The third-order valence-corrected chi connectivity index (χ3v) is 2.10. The van der Waals surface area contributed by atoms with Crippen molar-refractivity contribution in [2.45, 2.75) is 13.8 Å². The van der Waals surface area contributed by atoms with Gasteiger partial charge in [-0.05, 0) is 43.7 Å². The van der Waals surface area contributed by atoms with Gasteiger partial charge in [0.15, 0.2) is 0 Å². The predicted octanol–water partition coefficient (Wildman–Crippen LogP) is 3.39. The van der Waals surface area contributed by atoms with E-state index >= 15 is 0 Å². The van der Waals surface area contributed by atoms with Gasteiger partial charge in [0.1, 0.15) is 5.75 Å². The molecule has 2 nitrogen and oxygen atoms in total. The zero-order valence-electron chi connectivity index (χ0n) is 9.97. The molecule has 2 heteroatoms. The Kier molecular flexibility index (Phi) is 5.06. The molecular formula is C14H17NO. The lowest BCUT2D eigenvalue weighted by molar-refractivity contribution is 0.414. The summed E-state index contributed by atoms with van der Waals surface area (Å²) in [4.78, 5) is 3.85. The van der Waals surface area contributed by atoms with Crippen molar-refractivity contribution >= 4 is 0 Å². The molecule has 0 radical (unpaired) electrons. The predicted molar refractivity (Wildman–Crippen MR) is 66.7 cm³/mol. The summed E-state index contributed by atoms with van der Waals surface area (Å²) in [5.41, 5.74) is 2.52. The Labute approximate surface area is 96.9 Å². The van der Waals surface area contributed by atoms with E-state index in [0.29, 0.717) is 0 Å². The van der Waals surface area contributed by atoms with Gasteiger partial charge in [-0.3, -0.25) is 4.98 Å². The van der Waals surface area contributed by atoms with Crippen LogP contribution in [0.25, 0.3) is 0 Å². The van der Waals surface area contributed by atoms with Gasteiger partial charge in [0.25, 0.3) is 0 Å². The van der Waals surface area contributed by atoms with Gasteiger partial charge in [-0.1, -0.05) is 17.7 Å². The van der Waals surface area contributed by atoms with E-state index in [1.807, 2.05) is 43.3 Å². The van der Waals surface area contributed by atoms with Crippen molar-refractivity contribution in [1.82, 2.24) is 4.98 Å². The number of methoxy groups -OCH3 is 1. The summed E-state index contributed by atoms with van der Waals surface area (Å²) in [7, 11) is 1.67. The van der Waals surface area contributed by atoms with Gasteiger partial charge in [0.2, 0.25) is 0 Å².